The Bertz CT molecular complexity index is 411. The van der Waals surface area contributed by atoms with Gasteiger partial charge in [-0.2, -0.15) is 0 Å². The van der Waals surface area contributed by atoms with Crippen LogP contribution in [0.4, 0.5) is 0 Å². The molecule has 0 N–H and O–H groups in total. The Kier molecular flexibility index (Phi) is 3.87. The van der Waals surface area contributed by atoms with Crippen LogP contribution in [0.3, 0.4) is 0 Å². The fourth-order valence-electron chi connectivity index (χ4n) is 1.57. The SMILES string of the molecule is [CH3][Ti]([CH3])([O]c1ccccc1)[O]c1ccccc1. The summed E-state index contributed by atoms with van der Waals surface area (Å²) in [4.78, 5) is 0. The average molecular weight is 264 g/mol. The van der Waals surface area contributed by atoms with Crippen molar-refractivity contribution < 1.29 is 24.0 Å². The Balaban J connectivity index is 2.04. The van der Waals surface area contributed by atoms with E-state index in [1.807, 2.05) is 60.7 Å². The maximum absolute atomic E-state index is 5.97. The standard InChI is InChI=1S/2C6H6O.2CH3.Ti/c2*7-6-4-2-1-3-5-6;;;/h2*1-5,7H;2*1H3;/q;;;;+2/p-2. The molecule has 0 saturated heterocycles. The fourth-order valence-corrected chi connectivity index (χ4v) is 3.83. The first-order chi connectivity index (χ1) is 8.16. The zero-order chi connectivity index (χ0) is 12.1. The van der Waals surface area contributed by atoms with E-state index in [1.54, 1.807) is 0 Å². The van der Waals surface area contributed by atoms with Crippen LogP contribution in [0.25, 0.3) is 0 Å². The van der Waals surface area contributed by atoms with Crippen LogP contribution in [0.5, 0.6) is 11.5 Å². The van der Waals surface area contributed by atoms with Crippen LogP contribution in [0.2, 0.25) is 10.5 Å². The van der Waals surface area contributed by atoms with Gasteiger partial charge in [0.05, 0.1) is 0 Å². The van der Waals surface area contributed by atoms with E-state index in [1.165, 1.54) is 0 Å². The second kappa shape index (κ2) is 5.39. The normalized spacial score (nSPS) is 10.9. The molecule has 0 saturated carbocycles. The van der Waals surface area contributed by atoms with Crippen LogP contribution in [-0.2, 0) is 17.4 Å². The van der Waals surface area contributed by atoms with E-state index in [0.29, 0.717) is 0 Å². The molecule has 0 atom stereocenters. The van der Waals surface area contributed by atoms with Gasteiger partial charge in [0.2, 0.25) is 0 Å². The number of hydrogen-bond acceptors (Lipinski definition) is 2. The summed E-state index contributed by atoms with van der Waals surface area (Å²) in [5.41, 5.74) is 0. The topological polar surface area (TPSA) is 18.5 Å². The molecule has 0 aliphatic carbocycles. The Labute approximate surface area is 107 Å². The zero-order valence-corrected chi connectivity index (χ0v) is 11.7. The minimum atomic E-state index is -2.71. The van der Waals surface area contributed by atoms with Crippen molar-refractivity contribution >= 4 is 0 Å². The number of hydrogen-bond donors (Lipinski definition) is 0. The fraction of sp³-hybridized carbons (Fsp3) is 0.143. The minimum absolute atomic E-state index is 0.883. The van der Waals surface area contributed by atoms with E-state index in [0.717, 1.165) is 11.5 Å². The molecule has 0 aliphatic heterocycles. The Morgan fingerprint density at radius 3 is 1.35 bits per heavy atom. The van der Waals surface area contributed by atoms with Gasteiger partial charge in [-0.25, -0.2) is 0 Å². The number of rotatable bonds is 4. The molecule has 2 rings (SSSR count). The molecule has 0 heterocycles. The summed E-state index contributed by atoms with van der Waals surface area (Å²) in [5, 5.41) is 4.17. The second-order valence-corrected chi connectivity index (χ2v) is 9.24. The first-order valence-electron chi connectivity index (χ1n) is 5.64. The third kappa shape index (κ3) is 3.92. The second-order valence-electron chi connectivity index (χ2n) is 4.23. The van der Waals surface area contributed by atoms with E-state index in [2.05, 4.69) is 10.5 Å². The van der Waals surface area contributed by atoms with E-state index < -0.39 is 17.4 Å². The summed E-state index contributed by atoms with van der Waals surface area (Å²) < 4.78 is 11.9. The molecule has 0 aromatic heterocycles. The van der Waals surface area contributed by atoms with Crippen molar-refractivity contribution in [2.24, 2.45) is 0 Å². The molecule has 2 nitrogen and oxygen atoms in total. The van der Waals surface area contributed by atoms with Gasteiger partial charge in [-0.3, -0.25) is 0 Å². The van der Waals surface area contributed by atoms with Crippen molar-refractivity contribution in [3.8, 4) is 11.5 Å². The van der Waals surface area contributed by atoms with Gasteiger partial charge >= 0.3 is 107 Å². The molecule has 3 heteroatoms. The number of para-hydroxylation sites is 2. The molecule has 0 fully saturated rings. The van der Waals surface area contributed by atoms with Gasteiger partial charge in [0.15, 0.2) is 0 Å². The molecule has 0 radical (unpaired) electrons. The van der Waals surface area contributed by atoms with Crippen molar-refractivity contribution in [2.45, 2.75) is 10.5 Å². The molecule has 17 heavy (non-hydrogen) atoms. The predicted molar refractivity (Wildman–Crippen MR) is 65.9 cm³/mol. The van der Waals surface area contributed by atoms with Crippen LogP contribution in [-0.4, -0.2) is 0 Å². The molecular formula is C14H16O2Ti. The summed E-state index contributed by atoms with van der Waals surface area (Å²) in [7, 11) is 0. The molecule has 0 spiro atoms. The van der Waals surface area contributed by atoms with Crippen LogP contribution in [0.1, 0.15) is 0 Å². The number of benzene rings is 2. The third-order valence-electron chi connectivity index (χ3n) is 2.21. The summed E-state index contributed by atoms with van der Waals surface area (Å²) in [6, 6.07) is 19.7. The van der Waals surface area contributed by atoms with E-state index in [-0.39, 0.29) is 0 Å². The van der Waals surface area contributed by atoms with Gasteiger partial charge in [-0.1, -0.05) is 0 Å². The molecule has 0 unspecified atom stereocenters. The monoisotopic (exact) mass is 264 g/mol. The van der Waals surface area contributed by atoms with Crippen molar-refractivity contribution in [2.75, 3.05) is 0 Å². The summed E-state index contributed by atoms with van der Waals surface area (Å²) in [6.45, 7) is 0. The first kappa shape index (κ1) is 12.2. The van der Waals surface area contributed by atoms with E-state index in [4.69, 9.17) is 6.64 Å². The van der Waals surface area contributed by atoms with E-state index in [9.17, 15) is 0 Å². The van der Waals surface area contributed by atoms with Crippen LogP contribution in [0.15, 0.2) is 60.7 Å². The molecule has 0 aliphatic rings. The van der Waals surface area contributed by atoms with Gasteiger partial charge in [0.1, 0.15) is 0 Å². The predicted octanol–water partition coefficient (Wildman–Crippen LogP) is 4.22. The molecule has 2 aromatic carbocycles. The van der Waals surface area contributed by atoms with Gasteiger partial charge in [-0.05, 0) is 0 Å². The molecule has 0 bridgehead atoms. The average Bonchev–Trinajstić information content (AvgIpc) is 2.30. The molecule has 2 aromatic rings. The summed E-state index contributed by atoms with van der Waals surface area (Å²) in [6.07, 6.45) is 0. The van der Waals surface area contributed by atoms with Gasteiger partial charge in [0, 0.05) is 0 Å². The maximum atomic E-state index is 5.97. The van der Waals surface area contributed by atoms with Crippen LogP contribution in [0, 0.1) is 0 Å². The molecule has 0 amide bonds. The van der Waals surface area contributed by atoms with Gasteiger partial charge < -0.3 is 0 Å². The quantitative estimate of drug-likeness (QED) is 0.769. The van der Waals surface area contributed by atoms with Crippen molar-refractivity contribution in [3.05, 3.63) is 60.7 Å². The molecule has 88 valence electrons. The van der Waals surface area contributed by atoms with Crippen molar-refractivity contribution in [3.63, 3.8) is 0 Å². The summed E-state index contributed by atoms with van der Waals surface area (Å²) in [5.74, 6) is 1.77. The van der Waals surface area contributed by atoms with Crippen molar-refractivity contribution in [1.29, 1.82) is 0 Å². The van der Waals surface area contributed by atoms with E-state index >= 15 is 0 Å². The molecular weight excluding hydrogens is 248 g/mol. The summed E-state index contributed by atoms with van der Waals surface area (Å²) >= 11 is -2.71. The Morgan fingerprint density at radius 1 is 0.647 bits per heavy atom. The zero-order valence-electron chi connectivity index (χ0n) is 10.1. The van der Waals surface area contributed by atoms with Crippen molar-refractivity contribution in [1.82, 2.24) is 0 Å². The third-order valence-corrected chi connectivity index (χ3v) is 4.49. The Hall–Kier alpha value is -1.25. The van der Waals surface area contributed by atoms with Crippen LogP contribution < -0.4 is 6.64 Å². The first-order valence-corrected chi connectivity index (χ1v) is 10.0. The van der Waals surface area contributed by atoms with Gasteiger partial charge in [0.25, 0.3) is 0 Å². The Morgan fingerprint density at radius 2 is 1.00 bits per heavy atom. The van der Waals surface area contributed by atoms with Crippen LogP contribution >= 0.6 is 0 Å². The van der Waals surface area contributed by atoms with Gasteiger partial charge in [-0.15, -0.1) is 0 Å².